The molecule has 1 aliphatic carbocycles. The molecule has 33 heavy (non-hydrogen) atoms. The third-order valence-electron chi connectivity index (χ3n) is 5.81. The number of alkyl halides is 3. The van der Waals surface area contributed by atoms with E-state index in [0.717, 1.165) is 24.1 Å². The van der Waals surface area contributed by atoms with Crippen molar-refractivity contribution in [3.05, 3.63) is 62.6 Å². The van der Waals surface area contributed by atoms with Crippen LogP contribution in [0.1, 0.15) is 59.1 Å². The number of carbonyl (C=O) groups is 1. The Labute approximate surface area is 198 Å². The lowest BCUT2D eigenvalue weighted by Gasteiger charge is -2.09. The molecule has 176 valence electrons. The standard InChI is InChI=1S/C23H25BrF3N5O/c1-13-4-6-16(7-5-13)12-32-15(3)20(14(2)29-32)28-18(33)10-11-31-21(17-8-9-17)19(24)22(30-31)23(25,26)27/h4-7,17H,8-12H2,1-3H3,(H,28,33). The molecular weight excluding hydrogens is 499 g/mol. The van der Waals surface area contributed by atoms with Crippen LogP contribution in [-0.2, 0) is 24.1 Å². The summed E-state index contributed by atoms with van der Waals surface area (Å²) in [6.45, 7) is 6.38. The molecule has 0 aliphatic heterocycles. The van der Waals surface area contributed by atoms with E-state index >= 15 is 0 Å². The molecule has 1 aliphatic rings. The molecule has 1 saturated carbocycles. The topological polar surface area (TPSA) is 64.7 Å². The average Bonchev–Trinajstić information content (AvgIpc) is 3.47. The number of nitrogens with one attached hydrogen (secondary N) is 1. The zero-order valence-corrected chi connectivity index (χ0v) is 20.2. The van der Waals surface area contributed by atoms with Crippen molar-refractivity contribution in [3.63, 3.8) is 0 Å². The minimum absolute atomic E-state index is 0.00710. The van der Waals surface area contributed by atoms with Crippen molar-refractivity contribution in [1.29, 1.82) is 0 Å². The highest BCUT2D eigenvalue weighted by atomic mass is 79.9. The molecule has 6 nitrogen and oxygen atoms in total. The highest BCUT2D eigenvalue weighted by Crippen LogP contribution is 2.47. The Morgan fingerprint density at radius 3 is 2.39 bits per heavy atom. The molecule has 0 atom stereocenters. The normalized spacial score (nSPS) is 14.0. The van der Waals surface area contributed by atoms with Crippen LogP contribution in [0.25, 0.3) is 0 Å². The number of amides is 1. The molecule has 1 amide bonds. The fourth-order valence-electron chi connectivity index (χ4n) is 3.86. The van der Waals surface area contributed by atoms with Gasteiger partial charge >= 0.3 is 6.18 Å². The van der Waals surface area contributed by atoms with E-state index in [9.17, 15) is 18.0 Å². The molecule has 0 saturated heterocycles. The van der Waals surface area contributed by atoms with Gasteiger partial charge in [0.15, 0.2) is 5.69 Å². The van der Waals surface area contributed by atoms with Gasteiger partial charge in [0.25, 0.3) is 0 Å². The van der Waals surface area contributed by atoms with E-state index in [1.165, 1.54) is 10.2 Å². The van der Waals surface area contributed by atoms with Crippen LogP contribution in [0.2, 0.25) is 0 Å². The molecule has 1 fully saturated rings. The SMILES string of the molecule is Cc1ccc(Cn2nc(C)c(NC(=O)CCn3nc(C(F)(F)F)c(Br)c3C3CC3)c2C)cc1. The maximum atomic E-state index is 13.3. The van der Waals surface area contributed by atoms with Gasteiger partial charge in [0.1, 0.15) is 0 Å². The molecule has 1 N–H and O–H groups in total. The Bertz CT molecular complexity index is 1180. The Balaban J connectivity index is 1.45. The van der Waals surface area contributed by atoms with Gasteiger partial charge in [0.05, 0.1) is 40.3 Å². The highest BCUT2D eigenvalue weighted by molar-refractivity contribution is 9.10. The monoisotopic (exact) mass is 523 g/mol. The fourth-order valence-corrected chi connectivity index (χ4v) is 4.69. The quantitative estimate of drug-likeness (QED) is 0.429. The number of rotatable bonds is 7. The predicted molar refractivity (Wildman–Crippen MR) is 122 cm³/mol. The highest BCUT2D eigenvalue weighted by Gasteiger charge is 2.41. The lowest BCUT2D eigenvalue weighted by molar-refractivity contribution is -0.142. The molecule has 0 bridgehead atoms. The summed E-state index contributed by atoms with van der Waals surface area (Å²) < 4.78 is 43.0. The lowest BCUT2D eigenvalue weighted by atomic mass is 10.1. The molecule has 0 spiro atoms. The number of nitrogens with zero attached hydrogens (tertiary/aromatic N) is 4. The Hall–Kier alpha value is -2.62. The van der Waals surface area contributed by atoms with Gasteiger partial charge in [-0.3, -0.25) is 14.2 Å². The molecule has 0 radical (unpaired) electrons. The van der Waals surface area contributed by atoms with Crippen molar-refractivity contribution < 1.29 is 18.0 Å². The van der Waals surface area contributed by atoms with Crippen LogP contribution < -0.4 is 5.32 Å². The van der Waals surface area contributed by atoms with Crippen LogP contribution in [0.3, 0.4) is 0 Å². The van der Waals surface area contributed by atoms with Crippen LogP contribution in [0, 0.1) is 20.8 Å². The summed E-state index contributed by atoms with van der Waals surface area (Å²) in [5.41, 5.74) is 4.00. The van der Waals surface area contributed by atoms with Gasteiger partial charge in [-0.05, 0) is 55.1 Å². The number of halogens is 4. The first-order valence-corrected chi connectivity index (χ1v) is 11.6. The van der Waals surface area contributed by atoms with Gasteiger partial charge in [0, 0.05) is 12.3 Å². The second-order valence-electron chi connectivity index (χ2n) is 8.53. The van der Waals surface area contributed by atoms with Gasteiger partial charge in [-0.25, -0.2) is 0 Å². The van der Waals surface area contributed by atoms with Crippen LogP contribution in [0.5, 0.6) is 0 Å². The number of anilines is 1. The summed E-state index contributed by atoms with van der Waals surface area (Å²) in [6.07, 6.45) is -2.89. The number of benzene rings is 1. The van der Waals surface area contributed by atoms with Crippen LogP contribution >= 0.6 is 15.9 Å². The van der Waals surface area contributed by atoms with E-state index < -0.39 is 11.9 Å². The first-order chi connectivity index (χ1) is 15.5. The van der Waals surface area contributed by atoms with E-state index in [-0.39, 0.29) is 29.3 Å². The minimum atomic E-state index is -4.55. The van der Waals surface area contributed by atoms with Crippen molar-refractivity contribution >= 4 is 27.5 Å². The van der Waals surface area contributed by atoms with Gasteiger partial charge in [-0.15, -0.1) is 0 Å². The Morgan fingerprint density at radius 1 is 1.12 bits per heavy atom. The molecule has 1 aromatic carbocycles. The smallest absolute Gasteiger partial charge is 0.323 e. The third kappa shape index (κ3) is 5.15. The zero-order valence-electron chi connectivity index (χ0n) is 18.6. The molecule has 10 heteroatoms. The number of aromatic nitrogens is 4. The van der Waals surface area contributed by atoms with Gasteiger partial charge < -0.3 is 5.32 Å². The summed E-state index contributed by atoms with van der Waals surface area (Å²) in [7, 11) is 0. The molecular formula is C23H25BrF3N5O. The van der Waals surface area contributed by atoms with Gasteiger partial charge in [-0.1, -0.05) is 29.8 Å². The van der Waals surface area contributed by atoms with E-state index in [1.807, 2.05) is 49.7 Å². The summed E-state index contributed by atoms with van der Waals surface area (Å²) in [6, 6.07) is 8.16. The molecule has 2 aromatic heterocycles. The van der Waals surface area contributed by atoms with E-state index in [0.29, 0.717) is 23.6 Å². The summed E-state index contributed by atoms with van der Waals surface area (Å²) >= 11 is 3.08. The maximum absolute atomic E-state index is 13.3. The zero-order chi connectivity index (χ0) is 23.9. The Kier molecular flexibility index (Phi) is 6.39. The van der Waals surface area contributed by atoms with Crippen LogP contribution in [0.15, 0.2) is 28.7 Å². The maximum Gasteiger partial charge on any atom is 0.436 e. The lowest BCUT2D eigenvalue weighted by Crippen LogP contribution is -2.17. The molecule has 0 unspecified atom stereocenters. The second kappa shape index (κ2) is 8.96. The molecule has 4 rings (SSSR count). The van der Waals surface area contributed by atoms with Crippen molar-refractivity contribution in [3.8, 4) is 0 Å². The Morgan fingerprint density at radius 2 is 1.79 bits per heavy atom. The van der Waals surface area contributed by atoms with E-state index in [4.69, 9.17) is 0 Å². The van der Waals surface area contributed by atoms with Crippen molar-refractivity contribution in [2.75, 3.05) is 5.32 Å². The largest absolute Gasteiger partial charge is 0.436 e. The number of hydrogen-bond donors (Lipinski definition) is 1. The predicted octanol–water partition coefficient (Wildman–Crippen LogP) is 5.74. The van der Waals surface area contributed by atoms with Crippen molar-refractivity contribution in [2.24, 2.45) is 0 Å². The first-order valence-electron chi connectivity index (χ1n) is 10.8. The molecule has 2 heterocycles. The summed E-state index contributed by atoms with van der Waals surface area (Å²) in [5, 5.41) is 11.2. The third-order valence-corrected chi connectivity index (χ3v) is 6.60. The fraction of sp³-hybridized carbons (Fsp3) is 0.435. The number of aryl methyl sites for hydroxylation is 3. The summed E-state index contributed by atoms with van der Waals surface area (Å²) in [4.78, 5) is 12.7. The van der Waals surface area contributed by atoms with Gasteiger partial charge in [-0.2, -0.15) is 23.4 Å². The van der Waals surface area contributed by atoms with E-state index in [2.05, 4.69) is 31.4 Å². The first kappa shape index (κ1) is 23.5. The van der Waals surface area contributed by atoms with E-state index in [1.54, 1.807) is 0 Å². The van der Waals surface area contributed by atoms with Crippen LogP contribution in [0.4, 0.5) is 18.9 Å². The minimum Gasteiger partial charge on any atom is -0.323 e. The van der Waals surface area contributed by atoms with Crippen molar-refractivity contribution in [1.82, 2.24) is 19.6 Å². The molecule has 3 aromatic rings. The average molecular weight is 524 g/mol. The number of hydrogen-bond acceptors (Lipinski definition) is 3. The van der Waals surface area contributed by atoms with Crippen LogP contribution in [-0.4, -0.2) is 25.5 Å². The number of carbonyl (C=O) groups excluding carboxylic acids is 1. The second-order valence-corrected chi connectivity index (χ2v) is 9.32. The summed E-state index contributed by atoms with van der Waals surface area (Å²) in [5.74, 6) is -0.242. The van der Waals surface area contributed by atoms with Crippen molar-refractivity contribution in [2.45, 2.75) is 65.2 Å². The van der Waals surface area contributed by atoms with Gasteiger partial charge in [0.2, 0.25) is 5.91 Å².